The Kier molecular flexibility index (Phi) is 6.78. The van der Waals surface area contributed by atoms with Crippen molar-refractivity contribution in [3.8, 4) is 5.75 Å². The van der Waals surface area contributed by atoms with Gasteiger partial charge in [-0.2, -0.15) is 0 Å². The summed E-state index contributed by atoms with van der Waals surface area (Å²) >= 11 is 0. The second kappa shape index (κ2) is 9.04. The maximum absolute atomic E-state index is 12.3. The third-order valence-electron chi connectivity index (χ3n) is 4.22. The van der Waals surface area contributed by atoms with Crippen molar-refractivity contribution >= 4 is 11.8 Å². The van der Waals surface area contributed by atoms with Gasteiger partial charge in [0.15, 0.2) is 6.61 Å². The number of carbonyl (C=O) groups is 2. The lowest BCUT2D eigenvalue weighted by Gasteiger charge is -2.23. The van der Waals surface area contributed by atoms with Crippen LogP contribution in [0.2, 0.25) is 0 Å². The van der Waals surface area contributed by atoms with Crippen LogP contribution in [0.25, 0.3) is 0 Å². The van der Waals surface area contributed by atoms with Crippen LogP contribution in [-0.4, -0.2) is 18.4 Å². The van der Waals surface area contributed by atoms with E-state index in [1.54, 1.807) is 18.2 Å². The number of aryl methyl sites for hydroxylation is 1. The van der Waals surface area contributed by atoms with Crippen LogP contribution >= 0.6 is 0 Å². The molecule has 138 valence electrons. The second-order valence-corrected chi connectivity index (χ2v) is 6.57. The summed E-state index contributed by atoms with van der Waals surface area (Å²) in [5, 5.41) is 3.02. The molecule has 1 atom stereocenters. The summed E-state index contributed by atoms with van der Waals surface area (Å²) in [4.78, 5) is 23.5. The number of hydrogen-bond donors (Lipinski definition) is 2. The minimum Gasteiger partial charge on any atom is -0.484 e. The van der Waals surface area contributed by atoms with Gasteiger partial charge in [-0.15, -0.1) is 0 Å². The Morgan fingerprint density at radius 3 is 2.38 bits per heavy atom. The van der Waals surface area contributed by atoms with E-state index in [-0.39, 0.29) is 24.5 Å². The second-order valence-electron chi connectivity index (χ2n) is 6.57. The van der Waals surface area contributed by atoms with Crippen molar-refractivity contribution in [1.82, 2.24) is 5.32 Å². The topological polar surface area (TPSA) is 81.4 Å². The predicted octanol–water partition coefficient (Wildman–Crippen LogP) is 3.24. The lowest BCUT2D eigenvalue weighted by molar-refractivity contribution is -0.124. The summed E-state index contributed by atoms with van der Waals surface area (Å²) in [7, 11) is 0. The van der Waals surface area contributed by atoms with Crippen molar-refractivity contribution in [2.45, 2.75) is 33.2 Å². The van der Waals surface area contributed by atoms with Gasteiger partial charge in [0.1, 0.15) is 5.75 Å². The SMILES string of the molecule is CCc1ccc(C(NC(=O)COc2cccc(C(N)=O)c2)C(C)C)cc1. The van der Waals surface area contributed by atoms with Crippen LogP contribution < -0.4 is 15.8 Å². The van der Waals surface area contributed by atoms with E-state index in [0.29, 0.717) is 11.3 Å². The molecular formula is C21H26N2O3. The van der Waals surface area contributed by atoms with Crippen LogP contribution in [0.4, 0.5) is 0 Å². The first-order valence-electron chi connectivity index (χ1n) is 8.81. The van der Waals surface area contributed by atoms with Gasteiger partial charge in [-0.1, -0.05) is 51.1 Å². The summed E-state index contributed by atoms with van der Waals surface area (Å²) in [5.74, 6) is -0.0718. The first-order chi connectivity index (χ1) is 12.4. The molecule has 0 saturated carbocycles. The number of hydrogen-bond acceptors (Lipinski definition) is 3. The number of benzene rings is 2. The average molecular weight is 354 g/mol. The van der Waals surface area contributed by atoms with Gasteiger partial charge in [0.05, 0.1) is 6.04 Å². The molecule has 3 N–H and O–H groups in total. The van der Waals surface area contributed by atoms with Gasteiger partial charge in [-0.25, -0.2) is 0 Å². The minimum atomic E-state index is -0.532. The Morgan fingerprint density at radius 2 is 1.81 bits per heavy atom. The highest BCUT2D eigenvalue weighted by atomic mass is 16.5. The van der Waals surface area contributed by atoms with Crippen LogP contribution in [0.15, 0.2) is 48.5 Å². The first kappa shape index (κ1) is 19.5. The van der Waals surface area contributed by atoms with Crippen molar-refractivity contribution in [3.63, 3.8) is 0 Å². The lowest BCUT2D eigenvalue weighted by atomic mass is 9.95. The number of amides is 2. The van der Waals surface area contributed by atoms with Crippen molar-refractivity contribution in [1.29, 1.82) is 0 Å². The molecule has 5 heteroatoms. The van der Waals surface area contributed by atoms with Crippen LogP contribution in [-0.2, 0) is 11.2 Å². The monoisotopic (exact) mass is 354 g/mol. The molecule has 2 rings (SSSR count). The van der Waals surface area contributed by atoms with E-state index in [1.165, 1.54) is 11.6 Å². The number of rotatable bonds is 8. The van der Waals surface area contributed by atoms with Gasteiger partial charge >= 0.3 is 0 Å². The van der Waals surface area contributed by atoms with E-state index in [9.17, 15) is 9.59 Å². The van der Waals surface area contributed by atoms with Gasteiger partial charge in [0.2, 0.25) is 5.91 Å². The average Bonchev–Trinajstić information content (AvgIpc) is 2.64. The van der Waals surface area contributed by atoms with Gasteiger partial charge in [-0.3, -0.25) is 9.59 Å². The van der Waals surface area contributed by atoms with Crippen LogP contribution in [0.1, 0.15) is 48.3 Å². The number of nitrogens with two attached hydrogens (primary N) is 1. The van der Waals surface area contributed by atoms with Gasteiger partial charge in [0.25, 0.3) is 5.91 Å². The predicted molar refractivity (Wildman–Crippen MR) is 102 cm³/mol. The molecule has 0 fully saturated rings. The first-order valence-corrected chi connectivity index (χ1v) is 8.81. The summed E-state index contributed by atoms with van der Waals surface area (Å²) < 4.78 is 5.49. The highest BCUT2D eigenvalue weighted by molar-refractivity contribution is 5.93. The van der Waals surface area contributed by atoms with Crippen molar-refractivity contribution < 1.29 is 14.3 Å². The lowest BCUT2D eigenvalue weighted by Crippen LogP contribution is -2.35. The molecule has 0 aliphatic rings. The van der Waals surface area contributed by atoms with Gasteiger partial charge in [-0.05, 0) is 41.7 Å². The van der Waals surface area contributed by atoms with E-state index in [0.717, 1.165) is 12.0 Å². The van der Waals surface area contributed by atoms with Crippen molar-refractivity contribution in [2.24, 2.45) is 11.7 Å². The Hall–Kier alpha value is -2.82. The third-order valence-corrected chi connectivity index (χ3v) is 4.22. The zero-order valence-corrected chi connectivity index (χ0v) is 15.5. The van der Waals surface area contributed by atoms with Crippen LogP contribution in [0, 0.1) is 5.92 Å². The molecule has 0 saturated heterocycles. The van der Waals surface area contributed by atoms with Gasteiger partial charge in [0, 0.05) is 5.56 Å². The zero-order chi connectivity index (χ0) is 19.1. The number of carbonyl (C=O) groups excluding carboxylic acids is 2. The fourth-order valence-corrected chi connectivity index (χ4v) is 2.70. The van der Waals surface area contributed by atoms with Gasteiger partial charge < -0.3 is 15.8 Å². The largest absolute Gasteiger partial charge is 0.484 e. The quantitative estimate of drug-likeness (QED) is 0.763. The number of primary amides is 1. The third kappa shape index (κ3) is 5.34. The zero-order valence-electron chi connectivity index (χ0n) is 15.5. The van der Waals surface area contributed by atoms with Crippen molar-refractivity contribution in [3.05, 3.63) is 65.2 Å². The minimum absolute atomic E-state index is 0.0889. The molecule has 2 aromatic carbocycles. The Bertz CT molecular complexity index is 754. The molecule has 2 aromatic rings. The molecule has 0 bridgehead atoms. The fraction of sp³-hybridized carbons (Fsp3) is 0.333. The fourth-order valence-electron chi connectivity index (χ4n) is 2.70. The highest BCUT2D eigenvalue weighted by Gasteiger charge is 2.18. The Labute approximate surface area is 154 Å². The summed E-state index contributed by atoms with van der Waals surface area (Å²) in [6.45, 7) is 6.12. The number of ether oxygens (including phenoxy) is 1. The number of nitrogens with one attached hydrogen (secondary N) is 1. The molecule has 0 spiro atoms. The maximum Gasteiger partial charge on any atom is 0.258 e. The Morgan fingerprint density at radius 1 is 1.12 bits per heavy atom. The van der Waals surface area contributed by atoms with E-state index in [2.05, 4.69) is 50.4 Å². The molecule has 1 unspecified atom stereocenters. The molecule has 2 amide bonds. The standard InChI is InChI=1S/C21H26N2O3/c1-4-15-8-10-16(11-9-15)20(14(2)3)23-19(24)13-26-18-7-5-6-17(12-18)21(22)25/h5-12,14,20H,4,13H2,1-3H3,(H2,22,25)(H,23,24). The van der Waals surface area contributed by atoms with Crippen molar-refractivity contribution in [2.75, 3.05) is 6.61 Å². The summed E-state index contributed by atoms with van der Waals surface area (Å²) in [5.41, 5.74) is 7.93. The normalized spacial score (nSPS) is 11.8. The highest BCUT2D eigenvalue weighted by Crippen LogP contribution is 2.22. The van der Waals surface area contributed by atoms with Crippen LogP contribution in [0.5, 0.6) is 5.75 Å². The van der Waals surface area contributed by atoms with E-state index in [4.69, 9.17) is 10.5 Å². The molecule has 0 aromatic heterocycles. The molecular weight excluding hydrogens is 328 g/mol. The smallest absolute Gasteiger partial charge is 0.258 e. The molecule has 26 heavy (non-hydrogen) atoms. The van der Waals surface area contributed by atoms with E-state index >= 15 is 0 Å². The van der Waals surface area contributed by atoms with E-state index in [1.807, 2.05) is 0 Å². The molecule has 5 nitrogen and oxygen atoms in total. The summed E-state index contributed by atoms with van der Waals surface area (Å²) in [6.07, 6.45) is 0.983. The maximum atomic E-state index is 12.3. The Balaban J connectivity index is 1.99. The summed E-state index contributed by atoms with van der Waals surface area (Å²) in [6, 6.07) is 14.7. The van der Waals surface area contributed by atoms with E-state index < -0.39 is 5.91 Å². The molecule has 0 aliphatic carbocycles. The molecule has 0 heterocycles. The molecule has 0 radical (unpaired) electrons. The molecule has 0 aliphatic heterocycles. The van der Waals surface area contributed by atoms with Crippen LogP contribution in [0.3, 0.4) is 0 Å².